The third kappa shape index (κ3) is 4.48. The maximum Gasteiger partial charge on any atom is 0.416 e. The predicted molar refractivity (Wildman–Crippen MR) is 87.1 cm³/mol. The molecule has 5 nitrogen and oxygen atoms in total. The number of amides is 1. The van der Waals surface area contributed by atoms with Crippen molar-refractivity contribution in [3.8, 4) is 11.5 Å². The first-order valence-electron chi connectivity index (χ1n) is 6.91. The summed E-state index contributed by atoms with van der Waals surface area (Å²) < 4.78 is 48.2. The summed E-state index contributed by atoms with van der Waals surface area (Å²) in [5, 5.41) is 0.158. The molecule has 0 aliphatic heterocycles. The highest BCUT2D eigenvalue weighted by molar-refractivity contribution is 6.32. The van der Waals surface area contributed by atoms with E-state index >= 15 is 0 Å². The predicted octanol–water partition coefficient (Wildman–Crippen LogP) is 4.13. The highest BCUT2D eigenvalue weighted by Crippen LogP contribution is 2.36. The second kappa shape index (κ2) is 7.52. The standard InChI is InChI=1S/C16H14ClF3N2O3/c1-24-13-7-9(6-12(17)14(13)25-2)15(23)22-21-11-5-3-4-10(8-11)16(18,19)20/h3-8,21H,1-2H3,(H,22,23). The SMILES string of the molecule is COc1cc(C(=O)NNc2cccc(C(F)(F)F)c2)cc(Cl)c1OC. The molecule has 0 aromatic heterocycles. The van der Waals surface area contributed by atoms with Crippen LogP contribution in [0.4, 0.5) is 18.9 Å². The molecular weight excluding hydrogens is 361 g/mol. The van der Waals surface area contributed by atoms with Crippen LogP contribution in [-0.4, -0.2) is 20.1 Å². The van der Waals surface area contributed by atoms with Crippen LogP contribution in [0.3, 0.4) is 0 Å². The van der Waals surface area contributed by atoms with Crippen molar-refractivity contribution < 1.29 is 27.4 Å². The highest BCUT2D eigenvalue weighted by atomic mass is 35.5. The first-order chi connectivity index (χ1) is 11.8. The van der Waals surface area contributed by atoms with Gasteiger partial charge in [-0.15, -0.1) is 0 Å². The third-order valence-electron chi connectivity index (χ3n) is 3.21. The number of halogens is 4. The van der Waals surface area contributed by atoms with E-state index in [2.05, 4.69) is 10.9 Å². The molecule has 2 aromatic rings. The van der Waals surface area contributed by atoms with E-state index < -0.39 is 17.6 Å². The monoisotopic (exact) mass is 374 g/mol. The third-order valence-corrected chi connectivity index (χ3v) is 3.49. The van der Waals surface area contributed by atoms with E-state index in [1.54, 1.807) is 0 Å². The van der Waals surface area contributed by atoms with Gasteiger partial charge in [-0.25, -0.2) is 0 Å². The fraction of sp³-hybridized carbons (Fsp3) is 0.188. The minimum atomic E-state index is -4.47. The van der Waals surface area contributed by atoms with Crippen LogP contribution in [0.2, 0.25) is 5.02 Å². The molecule has 2 N–H and O–H groups in total. The molecule has 0 heterocycles. The molecule has 134 valence electrons. The lowest BCUT2D eigenvalue weighted by Gasteiger charge is -2.13. The zero-order valence-electron chi connectivity index (χ0n) is 13.2. The van der Waals surface area contributed by atoms with Crippen molar-refractivity contribution in [3.05, 3.63) is 52.5 Å². The van der Waals surface area contributed by atoms with Gasteiger partial charge in [0.2, 0.25) is 0 Å². The molecule has 1 amide bonds. The van der Waals surface area contributed by atoms with Gasteiger partial charge in [-0.3, -0.25) is 15.6 Å². The van der Waals surface area contributed by atoms with Crippen LogP contribution in [0.25, 0.3) is 0 Å². The molecule has 0 spiro atoms. The topological polar surface area (TPSA) is 59.6 Å². The summed E-state index contributed by atoms with van der Waals surface area (Å²) in [6.45, 7) is 0. The summed E-state index contributed by atoms with van der Waals surface area (Å²) in [5.74, 6) is -0.0916. The van der Waals surface area contributed by atoms with Crippen molar-refractivity contribution in [1.29, 1.82) is 0 Å². The van der Waals surface area contributed by atoms with Gasteiger partial charge >= 0.3 is 6.18 Å². The van der Waals surface area contributed by atoms with E-state index in [1.165, 1.54) is 38.5 Å². The number of nitrogens with one attached hydrogen (secondary N) is 2. The summed E-state index contributed by atoms with van der Waals surface area (Å²) in [4.78, 5) is 12.2. The summed E-state index contributed by atoms with van der Waals surface area (Å²) in [6, 6.07) is 7.17. The molecular formula is C16H14ClF3N2O3. The molecule has 2 rings (SSSR count). The fourth-order valence-electron chi connectivity index (χ4n) is 2.02. The van der Waals surface area contributed by atoms with Gasteiger partial charge in [0.05, 0.1) is 30.5 Å². The van der Waals surface area contributed by atoms with Gasteiger partial charge in [-0.2, -0.15) is 13.2 Å². The molecule has 0 saturated heterocycles. The Bertz CT molecular complexity index is 782. The smallest absolute Gasteiger partial charge is 0.416 e. The lowest BCUT2D eigenvalue weighted by atomic mass is 10.2. The molecule has 0 aliphatic carbocycles. The van der Waals surface area contributed by atoms with Crippen molar-refractivity contribution in [3.63, 3.8) is 0 Å². The normalized spacial score (nSPS) is 11.0. The molecule has 0 aliphatic rings. The minimum absolute atomic E-state index is 0.0785. The molecule has 0 unspecified atom stereocenters. The molecule has 0 saturated carbocycles. The second-order valence-electron chi connectivity index (χ2n) is 4.85. The number of carbonyl (C=O) groups excluding carboxylic acids is 1. The van der Waals surface area contributed by atoms with E-state index in [-0.39, 0.29) is 27.8 Å². The number of hydrogen-bond acceptors (Lipinski definition) is 4. The van der Waals surface area contributed by atoms with Crippen molar-refractivity contribution >= 4 is 23.2 Å². The minimum Gasteiger partial charge on any atom is -0.493 e. The van der Waals surface area contributed by atoms with Gasteiger partial charge in [-0.1, -0.05) is 17.7 Å². The molecule has 0 atom stereocenters. The molecule has 25 heavy (non-hydrogen) atoms. The van der Waals surface area contributed by atoms with Gasteiger partial charge in [0, 0.05) is 5.56 Å². The Morgan fingerprint density at radius 2 is 1.84 bits per heavy atom. The molecule has 0 bridgehead atoms. The Morgan fingerprint density at radius 1 is 1.12 bits per heavy atom. The molecule has 9 heteroatoms. The Balaban J connectivity index is 2.15. The number of hydrogen-bond donors (Lipinski definition) is 2. The van der Waals surface area contributed by atoms with Crippen molar-refractivity contribution in [1.82, 2.24) is 5.43 Å². The highest BCUT2D eigenvalue weighted by Gasteiger charge is 2.30. The lowest BCUT2D eigenvalue weighted by molar-refractivity contribution is -0.137. The Hall–Kier alpha value is -2.61. The largest absolute Gasteiger partial charge is 0.493 e. The van der Waals surface area contributed by atoms with E-state index in [9.17, 15) is 18.0 Å². The van der Waals surface area contributed by atoms with Gasteiger partial charge < -0.3 is 9.47 Å². The number of carbonyl (C=O) groups is 1. The number of ether oxygens (including phenoxy) is 2. The number of hydrazine groups is 1. The number of methoxy groups -OCH3 is 2. The maximum absolute atomic E-state index is 12.7. The quantitative estimate of drug-likeness (QED) is 0.772. The van der Waals surface area contributed by atoms with Crippen molar-refractivity contribution in [2.24, 2.45) is 0 Å². The van der Waals surface area contributed by atoms with Crippen LogP contribution in [-0.2, 0) is 6.18 Å². The van der Waals surface area contributed by atoms with Crippen LogP contribution in [0, 0.1) is 0 Å². The summed E-state index contributed by atoms with van der Waals surface area (Å²) >= 11 is 6.02. The van der Waals surface area contributed by atoms with Crippen LogP contribution in [0.15, 0.2) is 36.4 Å². The van der Waals surface area contributed by atoms with Crippen LogP contribution in [0.1, 0.15) is 15.9 Å². The zero-order valence-corrected chi connectivity index (χ0v) is 14.0. The van der Waals surface area contributed by atoms with Gasteiger partial charge in [0.15, 0.2) is 11.5 Å². The van der Waals surface area contributed by atoms with Gasteiger partial charge in [-0.05, 0) is 30.3 Å². The second-order valence-corrected chi connectivity index (χ2v) is 5.26. The van der Waals surface area contributed by atoms with E-state index in [4.69, 9.17) is 21.1 Å². The lowest BCUT2D eigenvalue weighted by Crippen LogP contribution is -2.29. The Kier molecular flexibility index (Phi) is 5.63. The van der Waals surface area contributed by atoms with Crippen molar-refractivity contribution in [2.45, 2.75) is 6.18 Å². The Morgan fingerprint density at radius 3 is 2.44 bits per heavy atom. The average molecular weight is 375 g/mol. The van der Waals surface area contributed by atoms with Gasteiger partial charge in [0.25, 0.3) is 5.91 Å². The van der Waals surface area contributed by atoms with Crippen LogP contribution >= 0.6 is 11.6 Å². The fourth-order valence-corrected chi connectivity index (χ4v) is 2.31. The van der Waals surface area contributed by atoms with Crippen LogP contribution in [0.5, 0.6) is 11.5 Å². The number of rotatable bonds is 5. The van der Waals surface area contributed by atoms with Gasteiger partial charge in [0.1, 0.15) is 0 Å². The maximum atomic E-state index is 12.7. The Labute approximate surface area is 146 Å². The first-order valence-corrected chi connectivity index (χ1v) is 7.29. The summed E-state index contributed by atoms with van der Waals surface area (Å²) in [7, 11) is 2.79. The number of benzene rings is 2. The van der Waals surface area contributed by atoms with E-state index in [0.717, 1.165) is 12.1 Å². The summed E-state index contributed by atoms with van der Waals surface area (Å²) in [5.41, 5.74) is 4.11. The zero-order chi connectivity index (χ0) is 18.6. The summed E-state index contributed by atoms with van der Waals surface area (Å²) in [6.07, 6.45) is -4.47. The van der Waals surface area contributed by atoms with Crippen molar-refractivity contribution in [2.75, 3.05) is 19.6 Å². The number of anilines is 1. The first kappa shape index (κ1) is 18.7. The van der Waals surface area contributed by atoms with E-state index in [0.29, 0.717) is 0 Å². The van der Waals surface area contributed by atoms with Crippen LogP contribution < -0.4 is 20.3 Å². The van der Waals surface area contributed by atoms with E-state index in [1.807, 2.05) is 0 Å². The number of alkyl halides is 3. The molecule has 2 aromatic carbocycles. The molecule has 0 radical (unpaired) electrons. The molecule has 0 fully saturated rings. The average Bonchev–Trinajstić information content (AvgIpc) is 2.58.